The molecule has 0 saturated carbocycles. The summed E-state index contributed by atoms with van der Waals surface area (Å²) in [5.74, 6) is 0.136. The number of carbonyl (C=O) groups excluding carboxylic acids is 2. The summed E-state index contributed by atoms with van der Waals surface area (Å²) in [6, 6.07) is 32.8. The van der Waals surface area contributed by atoms with Crippen LogP contribution in [0.3, 0.4) is 0 Å². The van der Waals surface area contributed by atoms with Crippen molar-refractivity contribution in [3.63, 3.8) is 0 Å². The molecule has 0 amide bonds. The topological polar surface area (TPSA) is 74.3 Å². The average molecular weight is 586 g/mol. The van der Waals surface area contributed by atoms with E-state index in [2.05, 4.69) is 32.4 Å². The van der Waals surface area contributed by atoms with Gasteiger partial charge in [-0.1, -0.05) is 60.7 Å². The van der Waals surface area contributed by atoms with Crippen molar-refractivity contribution in [2.45, 2.75) is 53.0 Å². The van der Waals surface area contributed by atoms with Gasteiger partial charge in [-0.25, -0.2) is 14.3 Å². The van der Waals surface area contributed by atoms with Gasteiger partial charge in [0.05, 0.1) is 24.3 Å². The first kappa shape index (κ1) is 31.1. The number of benzene rings is 4. The molecule has 0 aliphatic carbocycles. The van der Waals surface area contributed by atoms with E-state index in [0.717, 1.165) is 11.1 Å². The predicted molar refractivity (Wildman–Crippen MR) is 164 cm³/mol. The van der Waals surface area contributed by atoms with Crippen LogP contribution in [0.4, 0.5) is 0 Å². The van der Waals surface area contributed by atoms with E-state index in [4.69, 9.17) is 18.5 Å². The minimum Gasteiger partial charge on any atom is -0.423 e. The maximum absolute atomic E-state index is 12.3. The van der Waals surface area contributed by atoms with Crippen LogP contribution in [0.25, 0.3) is 0 Å². The monoisotopic (exact) mass is 585 g/mol. The van der Waals surface area contributed by atoms with Gasteiger partial charge in [0, 0.05) is 12.1 Å². The van der Waals surface area contributed by atoms with Crippen molar-refractivity contribution in [3.8, 4) is 11.5 Å². The molecule has 0 aliphatic rings. The Balaban J connectivity index is 1.35. The molecule has 0 saturated heterocycles. The molecular weight excluding hydrogens is 549 g/mol. The van der Waals surface area contributed by atoms with Crippen molar-refractivity contribution >= 4 is 20.5 Å². The maximum Gasteiger partial charge on any atom is 0.343 e. The van der Waals surface area contributed by atoms with Gasteiger partial charge in [0.2, 0.25) is 0 Å². The second kappa shape index (κ2) is 15.4. The van der Waals surface area contributed by atoms with Gasteiger partial charge in [0.25, 0.3) is 8.53 Å². The molecule has 0 aliphatic heterocycles. The summed E-state index contributed by atoms with van der Waals surface area (Å²) in [5, 5.41) is 0. The molecule has 4 aromatic rings. The molecule has 218 valence electrons. The Hall–Kier alpha value is -3.87. The van der Waals surface area contributed by atoms with E-state index < -0.39 is 20.5 Å². The maximum atomic E-state index is 12.3. The van der Waals surface area contributed by atoms with Crippen molar-refractivity contribution in [1.82, 2.24) is 4.67 Å². The number of rotatable bonds is 13. The molecule has 0 N–H and O–H groups in total. The second-order valence-corrected chi connectivity index (χ2v) is 11.6. The normalized spacial score (nSPS) is 11.3. The Morgan fingerprint density at radius 1 is 0.571 bits per heavy atom. The van der Waals surface area contributed by atoms with E-state index in [9.17, 15) is 9.59 Å². The fraction of sp³-hybridized carbons (Fsp3) is 0.235. The Morgan fingerprint density at radius 2 is 0.929 bits per heavy atom. The molecule has 0 heterocycles. The van der Waals surface area contributed by atoms with Crippen molar-refractivity contribution in [2.75, 3.05) is 0 Å². The van der Waals surface area contributed by atoms with Crippen LogP contribution >= 0.6 is 8.53 Å². The highest BCUT2D eigenvalue weighted by Crippen LogP contribution is 2.47. The third-order valence-corrected chi connectivity index (χ3v) is 8.22. The lowest BCUT2D eigenvalue weighted by Gasteiger charge is -2.35. The fourth-order valence-electron chi connectivity index (χ4n) is 4.19. The number of nitrogens with zero attached hydrogens (tertiary/aromatic N) is 1. The van der Waals surface area contributed by atoms with Crippen molar-refractivity contribution in [1.29, 1.82) is 0 Å². The molecule has 8 heteroatoms. The second-order valence-electron chi connectivity index (χ2n) is 10.2. The Kier molecular flexibility index (Phi) is 11.4. The summed E-state index contributed by atoms with van der Waals surface area (Å²) in [7, 11) is -1.39. The van der Waals surface area contributed by atoms with Gasteiger partial charge in [0.15, 0.2) is 0 Å². The molecule has 0 spiro atoms. The number of ether oxygens (including phenoxy) is 2. The Labute approximate surface area is 249 Å². The van der Waals surface area contributed by atoms with Gasteiger partial charge in [-0.15, -0.1) is 0 Å². The van der Waals surface area contributed by atoms with Gasteiger partial charge in [-0.2, -0.15) is 0 Å². The van der Waals surface area contributed by atoms with Gasteiger partial charge in [-0.3, -0.25) is 0 Å². The minimum atomic E-state index is -1.39. The van der Waals surface area contributed by atoms with E-state index in [1.54, 1.807) is 72.8 Å². The van der Waals surface area contributed by atoms with Gasteiger partial charge in [0.1, 0.15) is 11.5 Å². The first-order chi connectivity index (χ1) is 20.3. The Morgan fingerprint density at radius 3 is 1.26 bits per heavy atom. The van der Waals surface area contributed by atoms with Crippen LogP contribution in [-0.4, -0.2) is 28.7 Å². The quantitative estimate of drug-likeness (QED) is 0.0889. The van der Waals surface area contributed by atoms with Crippen LogP contribution in [0.5, 0.6) is 11.5 Å². The highest BCUT2D eigenvalue weighted by Gasteiger charge is 2.27. The van der Waals surface area contributed by atoms with Gasteiger partial charge in [-0.05, 0) is 87.4 Å². The number of carbonyl (C=O) groups is 2. The highest BCUT2D eigenvalue weighted by atomic mass is 31.2. The van der Waals surface area contributed by atoms with Crippen LogP contribution in [0.1, 0.15) is 59.5 Å². The summed E-state index contributed by atoms with van der Waals surface area (Å²) in [6.45, 7) is 9.15. The zero-order valence-electron chi connectivity index (χ0n) is 24.3. The van der Waals surface area contributed by atoms with E-state index in [1.807, 2.05) is 36.4 Å². The lowest BCUT2D eigenvalue weighted by Crippen LogP contribution is -2.33. The first-order valence-corrected chi connectivity index (χ1v) is 15.0. The number of esters is 2. The van der Waals surface area contributed by atoms with Crippen molar-refractivity contribution < 1.29 is 28.1 Å². The van der Waals surface area contributed by atoms with E-state index >= 15 is 0 Å². The molecule has 0 unspecified atom stereocenters. The third-order valence-electron chi connectivity index (χ3n) is 6.22. The molecule has 0 atom stereocenters. The smallest absolute Gasteiger partial charge is 0.343 e. The summed E-state index contributed by atoms with van der Waals surface area (Å²) in [4.78, 5) is 24.7. The summed E-state index contributed by atoms with van der Waals surface area (Å²) in [5.41, 5.74) is 2.86. The molecule has 0 radical (unpaired) electrons. The molecular formula is C34H36NO6P. The van der Waals surface area contributed by atoms with Crippen molar-refractivity contribution in [3.05, 3.63) is 131 Å². The van der Waals surface area contributed by atoms with Crippen LogP contribution in [0, 0.1) is 0 Å². The summed E-state index contributed by atoms with van der Waals surface area (Å²) in [6.07, 6.45) is 0. The molecule has 0 fully saturated rings. The average Bonchev–Trinajstić information content (AvgIpc) is 3.00. The van der Waals surface area contributed by atoms with Crippen LogP contribution in [-0.2, 0) is 22.3 Å². The highest BCUT2D eigenvalue weighted by molar-refractivity contribution is 7.44. The number of hydrogen-bond acceptors (Lipinski definition) is 7. The molecule has 0 aromatic heterocycles. The van der Waals surface area contributed by atoms with E-state index in [-0.39, 0.29) is 12.1 Å². The standard InChI is InChI=1S/C34H36NO6P/c1-25(2)35(26(3)4)42(38-23-27-15-19-31(20-16-27)40-33(36)29-11-7-5-8-12-29)39-24-28-17-21-32(22-18-28)41-34(37)30-13-9-6-10-14-30/h5-22,25-26H,23-24H2,1-4H3. The van der Waals surface area contributed by atoms with Crippen LogP contribution in [0.15, 0.2) is 109 Å². The predicted octanol–water partition coefficient (Wildman–Crippen LogP) is 8.20. The summed E-state index contributed by atoms with van der Waals surface area (Å²) < 4.78 is 25.9. The minimum absolute atomic E-state index is 0.204. The van der Waals surface area contributed by atoms with E-state index in [1.165, 1.54) is 0 Å². The zero-order chi connectivity index (χ0) is 29.9. The molecule has 7 nitrogen and oxygen atoms in total. The Bertz CT molecular complexity index is 1300. The summed E-state index contributed by atoms with van der Waals surface area (Å²) >= 11 is 0. The van der Waals surface area contributed by atoms with Gasteiger partial charge < -0.3 is 18.5 Å². The number of hydrogen-bond donors (Lipinski definition) is 0. The lowest BCUT2D eigenvalue weighted by molar-refractivity contribution is 0.0725. The van der Waals surface area contributed by atoms with Crippen LogP contribution < -0.4 is 9.47 Å². The molecule has 0 bridgehead atoms. The van der Waals surface area contributed by atoms with Crippen molar-refractivity contribution in [2.24, 2.45) is 0 Å². The first-order valence-electron chi connectivity index (χ1n) is 13.9. The zero-order valence-corrected chi connectivity index (χ0v) is 25.2. The van der Waals surface area contributed by atoms with Crippen LogP contribution in [0.2, 0.25) is 0 Å². The molecule has 4 rings (SSSR count). The SMILES string of the molecule is CC(C)N(C(C)C)P(OCc1ccc(OC(=O)c2ccccc2)cc1)OCc1ccc(OC(=O)c2ccccc2)cc1. The molecule has 4 aromatic carbocycles. The lowest BCUT2D eigenvalue weighted by atomic mass is 10.2. The fourth-order valence-corrected chi connectivity index (χ4v) is 5.81. The van der Waals surface area contributed by atoms with Gasteiger partial charge >= 0.3 is 11.9 Å². The molecule has 42 heavy (non-hydrogen) atoms. The van der Waals surface area contributed by atoms with E-state index in [0.29, 0.717) is 35.8 Å². The third kappa shape index (κ3) is 9.07. The largest absolute Gasteiger partial charge is 0.423 e.